The molecule has 2 amide bonds. The molecule has 3 atom stereocenters. The van der Waals surface area contributed by atoms with Crippen LogP contribution in [0.4, 0.5) is 23.8 Å². The number of aromatic nitrogens is 6. The third-order valence-electron chi connectivity index (χ3n) is 6.43. The lowest BCUT2D eigenvalue weighted by Crippen LogP contribution is -2.70. The van der Waals surface area contributed by atoms with Crippen LogP contribution in [0.2, 0.25) is 0 Å². The van der Waals surface area contributed by atoms with Crippen molar-refractivity contribution < 1.29 is 22.4 Å². The number of hydrogen-bond acceptors (Lipinski definition) is 7. The molecule has 1 aliphatic carbocycles. The lowest BCUT2D eigenvalue weighted by atomic mass is 9.64. The number of rotatable bonds is 4. The maximum Gasteiger partial charge on any atom is 0.418 e. The zero-order valence-corrected chi connectivity index (χ0v) is 18.8. The first-order valence-corrected chi connectivity index (χ1v) is 11.0. The average molecular weight is 476 g/mol. The van der Waals surface area contributed by atoms with Gasteiger partial charge in [0.2, 0.25) is 11.8 Å². The average Bonchev–Trinajstić information content (AvgIpc) is 3.41. The van der Waals surface area contributed by atoms with Gasteiger partial charge in [0.15, 0.2) is 5.82 Å². The molecular formula is C21H23F3N8O2. The lowest BCUT2D eigenvalue weighted by Gasteiger charge is -2.61. The largest absolute Gasteiger partial charge is 0.423 e. The van der Waals surface area contributed by atoms with Gasteiger partial charge in [-0.1, -0.05) is 13.8 Å². The molecule has 2 bridgehead atoms. The molecule has 1 saturated carbocycles. The van der Waals surface area contributed by atoms with Gasteiger partial charge in [-0.05, 0) is 24.8 Å². The predicted molar refractivity (Wildman–Crippen MR) is 112 cm³/mol. The summed E-state index contributed by atoms with van der Waals surface area (Å²) < 4.78 is 47.8. The number of aryl methyl sites for hydroxylation is 2. The zero-order chi connectivity index (χ0) is 24.3. The number of likely N-dealkylation sites (tertiary alicyclic amines) is 1. The number of urea groups is 1. The molecule has 0 aromatic carbocycles. The van der Waals surface area contributed by atoms with Gasteiger partial charge in [-0.15, -0.1) is 10.2 Å². The van der Waals surface area contributed by atoms with Crippen LogP contribution >= 0.6 is 0 Å². The van der Waals surface area contributed by atoms with Gasteiger partial charge in [-0.2, -0.15) is 18.3 Å². The monoisotopic (exact) mass is 476 g/mol. The molecule has 10 nitrogen and oxygen atoms in total. The number of fused-ring (bicyclic) bond motifs is 2. The summed E-state index contributed by atoms with van der Waals surface area (Å²) in [6.45, 7) is 4.01. The van der Waals surface area contributed by atoms with Crippen molar-refractivity contribution in [2.45, 2.75) is 57.3 Å². The molecule has 1 saturated heterocycles. The Labute approximate surface area is 192 Å². The molecule has 0 radical (unpaired) electrons. The lowest BCUT2D eigenvalue weighted by molar-refractivity contribution is -0.137. The fourth-order valence-electron chi connectivity index (χ4n) is 5.10. The van der Waals surface area contributed by atoms with Crippen LogP contribution in [0.25, 0.3) is 11.4 Å². The number of anilines is 1. The summed E-state index contributed by atoms with van der Waals surface area (Å²) in [7, 11) is 1.55. The molecular weight excluding hydrogens is 453 g/mol. The van der Waals surface area contributed by atoms with Crippen molar-refractivity contribution in [1.82, 2.24) is 34.8 Å². The first-order valence-electron chi connectivity index (χ1n) is 11.0. The Morgan fingerprint density at radius 1 is 1.29 bits per heavy atom. The summed E-state index contributed by atoms with van der Waals surface area (Å²) in [5, 5.41) is 14.9. The van der Waals surface area contributed by atoms with Crippen molar-refractivity contribution in [1.29, 1.82) is 0 Å². The highest BCUT2D eigenvalue weighted by atomic mass is 19.4. The topological polar surface area (TPSA) is 115 Å². The van der Waals surface area contributed by atoms with Crippen LogP contribution in [0.15, 0.2) is 23.0 Å². The Kier molecular flexibility index (Phi) is 5.10. The minimum atomic E-state index is -4.66. The molecule has 1 N–H and O–H groups in total. The van der Waals surface area contributed by atoms with Crippen molar-refractivity contribution >= 4 is 11.8 Å². The van der Waals surface area contributed by atoms with Crippen molar-refractivity contribution in [3.8, 4) is 11.4 Å². The molecule has 0 spiro atoms. The van der Waals surface area contributed by atoms with Gasteiger partial charge >= 0.3 is 12.2 Å². The second kappa shape index (κ2) is 7.77. The number of piperidine rings is 1. The normalized spacial score (nSPS) is 24.1. The number of alkyl halides is 3. The highest BCUT2D eigenvalue weighted by Gasteiger charge is 2.62. The molecule has 5 rings (SSSR count). The van der Waals surface area contributed by atoms with Crippen LogP contribution in [-0.2, 0) is 25.2 Å². The van der Waals surface area contributed by atoms with E-state index in [2.05, 4.69) is 37.5 Å². The van der Waals surface area contributed by atoms with E-state index in [0.717, 1.165) is 12.5 Å². The molecule has 2 aliphatic rings. The van der Waals surface area contributed by atoms with Gasteiger partial charge in [0.05, 0.1) is 5.56 Å². The van der Waals surface area contributed by atoms with E-state index < -0.39 is 23.3 Å². The molecule has 1 aliphatic heterocycles. The van der Waals surface area contributed by atoms with Gasteiger partial charge in [0, 0.05) is 37.7 Å². The predicted octanol–water partition coefficient (Wildman–Crippen LogP) is 3.77. The van der Waals surface area contributed by atoms with Crippen LogP contribution in [0.5, 0.6) is 0 Å². The number of nitrogens with zero attached hydrogens (tertiary/aromatic N) is 7. The third kappa shape index (κ3) is 3.59. The van der Waals surface area contributed by atoms with E-state index >= 15 is 0 Å². The van der Waals surface area contributed by atoms with Gasteiger partial charge in [0.1, 0.15) is 17.7 Å². The Morgan fingerprint density at radius 3 is 2.74 bits per heavy atom. The Bertz CT molecular complexity index is 1240. The van der Waals surface area contributed by atoms with E-state index in [-0.39, 0.29) is 23.2 Å². The molecule has 13 heteroatoms. The number of hydrogen-bond donors (Lipinski definition) is 1. The van der Waals surface area contributed by atoms with E-state index in [0.29, 0.717) is 43.2 Å². The molecule has 34 heavy (non-hydrogen) atoms. The van der Waals surface area contributed by atoms with Gasteiger partial charge in [-0.25, -0.2) is 14.8 Å². The minimum Gasteiger partial charge on any atom is -0.423 e. The Hall–Kier alpha value is -3.51. The molecule has 4 heterocycles. The highest BCUT2D eigenvalue weighted by molar-refractivity contribution is 5.90. The SMILES string of the molecule is CCc1nnc(C23C[C@H](C)C[C@H](C2)N3C(=O)Nc2cc(-c3ncn(C)n3)c(C(F)(F)F)cn2)o1. The number of amides is 2. The molecule has 3 aromatic rings. The first-order chi connectivity index (χ1) is 16.1. The van der Waals surface area contributed by atoms with Crippen molar-refractivity contribution in [3.63, 3.8) is 0 Å². The maximum absolute atomic E-state index is 13.6. The molecule has 1 unspecified atom stereocenters. The summed E-state index contributed by atoms with van der Waals surface area (Å²) in [4.78, 5) is 22.8. The number of pyridine rings is 1. The number of carbonyl (C=O) groups excluding carboxylic acids is 1. The summed E-state index contributed by atoms with van der Waals surface area (Å²) in [5.41, 5.74) is -1.99. The zero-order valence-electron chi connectivity index (χ0n) is 18.8. The highest BCUT2D eigenvalue weighted by Crippen LogP contribution is 2.55. The van der Waals surface area contributed by atoms with Crippen LogP contribution in [0.1, 0.15) is 50.5 Å². The summed E-state index contributed by atoms with van der Waals surface area (Å²) >= 11 is 0. The first kappa shape index (κ1) is 22.3. The molecule has 180 valence electrons. The quantitative estimate of drug-likeness (QED) is 0.609. The van der Waals surface area contributed by atoms with Crippen LogP contribution in [0, 0.1) is 5.92 Å². The van der Waals surface area contributed by atoms with Crippen LogP contribution < -0.4 is 5.32 Å². The number of halogens is 3. The Balaban J connectivity index is 1.46. The van der Waals surface area contributed by atoms with E-state index in [1.165, 1.54) is 11.0 Å². The third-order valence-corrected chi connectivity index (χ3v) is 6.43. The van der Waals surface area contributed by atoms with E-state index in [4.69, 9.17) is 4.42 Å². The molecule has 2 fully saturated rings. The fourth-order valence-corrected chi connectivity index (χ4v) is 5.10. The van der Waals surface area contributed by atoms with Gasteiger partial charge < -0.3 is 9.32 Å². The van der Waals surface area contributed by atoms with Crippen molar-refractivity contribution in [3.05, 3.63) is 35.9 Å². The van der Waals surface area contributed by atoms with Crippen LogP contribution in [0.3, 0.4) is 0 Å². The fraction of sp³-hybridized carbons (Fsp3) is 0.524. The maximum atomic E-state index is 13.6. The summed E-state index contributed by atoms with van der Waals surface area (Å²) in [6, 6.07) is 0.627. The smallest absolute Gasteiger partial charge is 0.418 e. The second-order valence-electron chi connectivity index (χ2n) is 8.94. The van der Waals surface area contributed by atoms with Crippen molar-refractivity contribution in [2.75, 3.05) is 5.32 Å². The number of nitrogens with one attached hydrogen (secondary N) is 1. The second-order valence-corrected chi connectivity index (χ2v) is 8.94. The minimum absolute atomic E-state index is 0.0339. The number of carbonyl (C=O) groups is 1. The summed E-state index contributed by atoms with van der Waals surface area (Å²) in [6.07, 6.45) is 0.0671. The van der Waals surface area contributed by atoms with Crippen LogP contribution in [-0.4, -0.2) is 46.9 Å². The van der Waals surface area contributed by atoms with E-state index in [9.17, 15) is 18.0 Å². The van der Waals surface area contributed by atoms with Crippen molar-refractivity contribution in [2.24, 2.45) is 13.0 Å². The standard InChI is InChI=1S/C21H23F3N8O2/c1-4-16-28-29-18(34-16)20-7-11(2)5-12(8-20)32(20)19(33)27-15-6-13(17-26-10-31(3)30-17)14(9-25-15)21(22,23)24/h6,9-12H,4-5,7-8H2,1-3H3,(H,25,27,33)/t11-,12-,20?/m1/s1. The van der Waals surface area contributed by atoms with Gasteiger partial charge in [-0.3, -0.25) is 10.00 Å². The van der Waals surface area contributed by atoms with Gasteiger partial charge in [0.25, 0.3) is 0 Å². The molecule has 3 aromatic heterocycles. The van der Waals surface area contributed by atoms with E-state index in [1.54, 1.807) is 11.9 Å². The van der Waals surface area contributed by atoms with E-state index in [1.807, 2.05) is 6.92 Å². The Morgan fingerprint density at radius 2 is 2.09 bits per heavy atom. The summed E-state index contributed by atoms with van der Waals surface area (Å²) in [5.74, 6) is 1.08.